The Morgan fingerprint density at radius 1 is 0.958 bits per heavy atom. The number of rotatable bonds is 1. The van der Waals surface area contributed by atoms with E-state index in [1.165, 1.54) is 31.3 Å². The molecule has 1 nitrogen and oxygen atoms in total. The van der Waals surface area contributed by atoms with Crippen LogP contribution in [0.15, 0.2) is 54.6 Å². The molecular formula is C18H23Cl2NSi2Zr. The molecule has 0 aromatic heterocycles. The van der Waals surface area contributed by atoms with Crippen molar-refractivity contribution >= 4 is 44.9 Å². The van der Waals surface area contributed by atoms with Crippen LogP contribution in [0.4, 0.5) is 0 Å². The number of halogens is 2. The molecule has 0 saturated heterocycles. The SMILES string of the molecule is C[Si]([SiH3])=CC(C)(C)[NH-].[Cl-].[Cl-].[Zr+4].c1ccc2c(c1)[cH-]c1ccccc12. The van der Waals surface area contributed by atoms with Gasteiger partial charge < -0.3 is 30.5 Å². The summed E-state index contributed by atoms with van der Waals surface area (Å²) in [7, 11) is 1.11. The topological polar surface area (TPSA) is 23.8 Å². The van der Waals surface area contributed by atoms with Crippen LogP contribution in [0.5, 0.6) is 0 Å². The smallest absolute Gasteiger partial charge is 1.00 e. The summed E-state index contributed by atoms with van der Waals surface area (Å²) in [5, 5.41) is 5.39. The van der Waals surface area contributed by atoms with Crippen LogP contribution in [0.25, 0.3) is 27.3 Å². The van der Waals surface area contributed by atoms with Crippen molar-refractivity contribution in [3.05, 3.63) is 60.3 Å². The van der Waals surface area contributed by atoms with E-state index in [9.17, 15) is 0 Å². The fourth-order valence-corrected chi connectivity index (χ4v) is 6.23. The molecule has 0 bridgehead atoms. The predicted molar refractivity (Wildman–Crippen MR) is 103 cm³/mol. The maximum atomic E-state index is 7.45. The monoisotopic (exact) mass is 469 g/mol. The summed E-state index contributed by atoms with van der Waals surface area (Å²) < 4.78 is 0. The van der Waals surface area contributed by atoms with E-state index in [1.807, 2.05) is 13.8 Å². The fraction of sp³-hybridized carbons (Fsp3) is 0.222. The average molecular weight is 472 g/mol. The van der Waals surface area contributed by atoms with Gasteiger partial charge in [0, 0.05) is 9.76 Å². The van der Waals surface area contributed by atoms with Gasteiger partial charge in [0.05, 0.1) is 0 Å². The van der Waals surface area contributed by atoms with E-state index in [2.05, 4.69) is 66.8 Å². The Labute approximate surface area is 181 Å². The van der Waals surface area contributed by atoms with Gasteiger partial charge in [0.1, 0.15) is 0 Å². The minimum Gasteiger partial charge on any atom is -1.00 e. The Hall–Kier alpha value is 0.0369. The van der Waals surface area contributed by atoms with Crippen LogP contribution in [0, 0.1) is 0 Å². The molecule has 0 amide bonds. The van der Waals surface area contributed by atoms with Gasteiger partial charge in [-0.05, 0) is 7.93 Å². The molecule has 0 spiro atoms. The Kier molecular flexibility index (Phi) is 12.7. The Morgan fingerprint density at radius 3 is 1.62 bits per heavy atom. The molecule has 0 radical (unpaired) electrons. The Bertz CT molecular complexity index is 725. The molecule has 1 N–H and O–H groups in total. The van der Waals surface area contributed by atoms with Gasteiger partial charge in [-0.15, -0.1) is 51.0 Å². The summed E-state index contributed by atoms with van der Waals surface area (Å²) >= 11 is 0. The first-order valence-corrected chi connectivity index (χ1v) is 12.9. The zero-order valence-electron chi connectivity index (χ0n) is 14.5. The van der Waals surface area contributed by atoms with Crippen molar-refractivity contribution in [3.63, 3.8) is 0 Å². The van der Waals surface area contributed by atoms with Crippen molar-refractivity contribution < 1.29 is 51.0 Å². The Morgan fingerprint density at radius 2 is 1.33 bits per heavy atom. The van der Waals surface area contributed by atoms with Crippen LogP contribution in [0.1, 0.15) is 13.8 Å². The summed E-state index contributed by atoms with van der Waals surface area (Å²) in [6.45, 7) is 6.14. The molecule has 0 atom stereocenters. The van der Waals surface area contributed by atoms with Crippen molar-refractivity contribution in [1.29, 1.82) is 0 Å². The molecule has 3 rings (SSSR count). The molecule has 3 aromatic rings. The maximum Gasteiger partial charge on any atom is 4.00 e. The van der Waals surface area contributed by atoms with E-state index in [-0.39, 0.29) is 64.5 Å². The molecule has 126 valence electrons. The number of fused-ring (bicyclic) bond motifs is 3. The quantitative estimate of drug-likeness (QED) is 0.287. The van der Waals surface area contributed by atoms with Gasteiger partial charge >= 0.3 is 26.2 Å². The standard InChI is InChI=1S/C13H9.C5H14NSi2.2ClH.Zr/c1-3-7-12-10(5-1)9-11-6-2-4-8-13(11)12;1-5(2,6)4-8(3)7;;;/h1-9H;4,6H,1-3,7H3;2*1H;/q2*-1;;;+4/p-2. The van der Waals surface area contributed by atoms with Gasteiger partial charge in [-0.2, -0.15) is 0 Å². The fourth-order valence-electron chi connectivity index (χ4n) is 2.63. The van der Waals surface area contributed by atoms with Gasteiger partial charge in [0.15, 0.2) is 0 Å². The van der Waals surface area contributed by atoms with E-state index in [1.54, 1.807) is 0 Å². The summed E-state index contributed by atoms with van der Waals surface area (Å²) in [6, 6.07) is 19.3. The van der Waals surface area contributed by atoms with Gasteiger partial charge in [-0.25, -0.2) is 0 Å². The third kappa shape index (κ3) is 7.94. The van der Waals surface area contributed by atoms with Crippen molar-refractivity contribution in [2.75, 3.05) is 0 Å². The first-order valence-electron chi connectivity index (χ1n) is 7.31. The summed E-state index contributed by atoms with van der Waals surface area (Å²) in [6.07, 6.45) is 0. The second kappa shape index (κ2) is 11.6. The van der Waals surface area contributed by atoms with Crippen molar-refractivity contribution in [2.24, 2.45) is 0 Å². The number of benzene rings is 2. The van der Waals surface area contributed by atoms with Crippen LogP contribution in [-0.2, 0) is 26.2 Å². The molecule has 0 aliphatic heterocycles. The molecule has 6 heteroatoms. The van der Waals surface area contributed by atoms with Gasteiger partial charge in [0.25, 0.3) is 0 Å². The normalized spacial score (nSPS) is 10.9. The predicted octanol–water partition coefficient (Wildman–Crippen LogP) is -2.09. The van der Waals surface area contributed by atoms with Gasteiger partial charge in [0.2, 0.25) is 0 Å². The second-order valence-corrected chi connectivity index (χ2v) is 13.4. The third-order valence-electron chi connectivity index (χ3n) is 3.17. The van der Waals surface area contributed by atoms with E-state index < -0.39 is 0 Å². The van der Waals surface area contributed by atoms with Crippen molar-refractivity contribution in [2.45, 2.75) is 25.9 Å². The van der Waals surface area contributed by atoms with Gasteiger partial charge in [-0.1, -0.05) is 56.8 Å². The largest absolute Gasteiger partial charge is 4.00 e. The van der Waals surface area contributed by atoms with Crippen LogP contribution < -0.4 is 24.8 Å². The van der Waals surface area contributed by atoms with Crippen LogP contribution in [0.3, 0.4) is 0 Å². The molecule has 0 aliphatic carbocycles. The van der Waals surface area contributed by atoms with E-state index in [4.69, 9.17) is 5.73 Å². The van der Waals surface area contributed by atoms with Crippen LogP contribution in [0.2, 0.25) is 6.55 Å². The minimum absolute atomic E-state index is 0. The van der Waals surface area contributed by atoms with Crippen molar-refractivity contribution in [3.8, 4) is 0 Å². The zero-order chi connectivity index (χ0) is 15.5. The second-order valence-electron chi connectivity index (χ2n) is 6.26. The molecule has 0 saturated carbocycles. The molecule has 0 aliphatic rings. The van der Waals surface area contributed by atoms with E-state index in [0.29, 0.717) is 0 Å². The van der Waals surface area contributed by atoms with Crippen LogP contribution >= 0.6 is 0 Å². The maximum absolute atomic E-state index is 7.45. The minimum atomic E-state index is -0.273. The molecule has 24 heavy (non-hydrogen) atoms. The summed E-state index contributed by atoms with van der Waals surface area (Å²) in [5.74, 6) is 0. The molecule has 0 unspecified atom stereocenters. The summed E-state index contributed by atoms with van der Waals surface area (Å²) in [5.41, 5.74) is 9.37. The molecule has 0 fully saturated rings. The van der Waals surface area contributed by atoms with Crippen molar-refractivity contribution in [1.82, 2.24) is 0 Å². The van der Waals surface area contributed by atoms with E-state index in [0.717, 1.165) is 0 Å². The average Bonchev–Trinajstić information content (AvgIpc) is 2.75. The number of nitrogens with one attached hydrogen (secondary N) is 1. The Balaban J connectivity index is 0. The molecular weight excluding hydrogens is 449 g/mol. The molecule has 3 aromatic carbocycles. The first-order chi connectivity index (χ1) is 9.87. The zero-order valence-corrected chi connectivity index (χ0v) is 21.5. The first kappa shape index (κ1) is 26.3. The number of hydrogen-bond acceptors (Lipinski definition) is 0. The third-order valence-corrected chi connectivity index (χ3v) is 5.34. The number of hydrogen-bond donors (Lipinski definition) is 0. The van der Waals surface area contributed by atoms with E-state index >= 15 is 0 Å². The van der Waals surface area contributed by atoms with Crippen LogP contribution in [-0.4, -0.2) is 28.9 Å². The summed E-state index contributed by atoms with van der Waals surface area (Å²) in [4.78, 5) is 0. The van der Waals surface area contributed by atoms with Gasteiger partial charge in [-0.3, -0.25) is 0 Å². The molecule has 0 heterocycles.